The van der Waals surface area contributed by atoms with Crippen molar-refractivity contribution in [2.75, 3.05) is 12.3 Å². The van der Waals surface area contributed by atoms with Crippen LogP contribution in [0.1, 0.15) is 30.0 Å². The maximum absolute atomic E-state index is 13.5. The fraction of sp³-hybridized carbons (Fsp3) is 0.286. The summed E-state index contributed by atoms with van der Waals surface area (Å²) in [5.74, 6) is 0.438. The van der Waals surface area contributed by atoms with Crippen LogP contribution in [0.3, 0.4) is 0 Å². The smallest absolute Gasteiger partial charge is 0.269 e. The van der Waals surface area contributed by atoms with Crippen molar-refractivity contribution in [1.82, 2.24) is 10.2 Å². The third-order valence-corrected chi connectivity index (χ3v) is 6.65. The van der Waals surface area contributed by atoms with Crippen LogP contribution >= 0.6 is 11.8 Å². The number of hydrogen-bond acceptors (Lipinski definition) is 5. The summed E-state index contributed by atoms with van der Waals surface area (Å²) in [5, 5.41) is 13.8. The first-order valence-electron chi connectivity index (χ1n) is 11.9. The largest absolute Gasteiger partial charge is 0.354 e. The van der Waals surface area contributed by atoms with Gasteiger partial charge in [0.05, 0.1) is 10.7 Å². The highest BCUT2D eigenvalue weighted by Crippen LogP contribution is 2.20. The van der Waals surface area contributed by atoms with Gasteiger partial charge < -0.3 is 10.2 Å². The van der Waals surface area contributed by atoms with Crippen molar-refractivity contribution in [2.24, 2.45) is 0 Å². The topological polar surface area (TPSA) is 92.6 Å². The zero-order valence-electron chi connectivity index (χ0n) is 20.3. The maximum atomic E-state index is 13.5. The second-order valence-corrected chi connectivity index (χ2v) is 9.41. The van der Waals surface area contributed by atoms with Crippen LogP contribution in [-0.4, -0.2) is 40.0 Å². The van der Waals surface area contributed by atoms with Crippen molar-refractivity contribution in [3.05, 3.63) is 112 Å². The molecule has 0 radical (unpaired) electrons. The van der Waals surface area contributed by atoms with Crippen LogP contribution in [0, 0.1) is 10.1 Å². The van der Waals surface area contributed by atoms with Gasteiger partial charge in [0.1, 0.15) is 6.04 Å². The molecule has 8 heteroatoms. The highest BCUT2D eigenvalue weighted by Gasteiger charge is 2.30. The molecule has 2 amide bonds. The van der Waals surface area contributed by atoms with E-state index in [-0.39, 0.29) is 23.3 Å². The Bertz CT molecular complexity index is 1120. The summed E-state index contributed by atoms with van der Waals surface area (Å²) in [4.78, 5) is 38.9. The Balaban J connectivity index is 1.78. The van der Waals surface area contributed by atoms with Crippen LogP contribution < -0.4 is 5.32 Å². The van der Waals surface area contributed by atoms with E-state index in [1.54, 1.807) is 17.0 Å². The summed E-state index contributed by atoms with van der Waals surface area (Å²) >= 11 is 1.43. The number of nitro groups is 1. The Kier molecular flexibility index (Phi) is 10.5. The number of nitro benzene ring substituents is 1. The second kappa shape index (κ2) is 14.0. The first-order chi connectivity index (χ1) is 17.5. The van der Waals surface area contributed by atoms with Crippen molar-refractivity contribution in [1.29, 1.82) is 0 Å². The standard InChI is InChI=1S/C28H31N3O4S/c1-2-17-29-28(33)26(18-22-9-5-3-6-10-22)30(19-23-11-7-4-8-12-23)27(32)21-36-20-24-13-15-25(16-14-24)31(34)35/h3-16,26H,2,17-21H2,1H3,(H,29,33)/t26-/m1/s1. The normalized spacial score (nSPS) is 11.5. The van der Waals surface area contributed by atoms with Gasteiger partial charge in [0.2, 0.25) is 11.8 Å². The fourth-order valence-electron chi connectivity index (χ4n) is 3.75. The van der Waals surface area contributed by atoms with Gasteiger partial charge in [-0.15, -0.1) is 11.8 Å². The first-order valence-corrected chi connectivity index (χ1v) is 13.1. The number of carbonyl (C=O) groups is 2. The van der Waals surface area contributed by atoms with E-state index >= 15 is 0 Å². The zero-order valence-corrected chi connectivity index (χ0v) is 21.2. The maximum Gasteiger partial charge on any atom is 0.269 e. The van der Waals surface area contributed by atoms with Crippen molar-refractivity contribution in [3.8, 4) is 0 Å². The molecule has 1 atom stereocenters. The predicted octanol–water partition coefficient (Wildman–Crippen LogP) is 4.99. The van der Waals surface area contributed by atoms with Gasteiger partial charge in [0.15, 0.2) is 0 Å². The minimum atomic E-state index is -0.647. The van der Waals surface area contributed by atoms with E-state index in [0.29, 0.717) is 25.3 Å². The Morgan fingerprint density at radius 1 is 0.917 bits per heavy atom. The number of nitrogens with zero attached hydrogens (tertiary/aromatic N) is 2. The Morgan fingerprint density at radius 2 is 1.53 bits per heavy atom. The summed E-state index contributed by atoms with van der Waals surface area (Å²) in [6.45, 7) is 2.87. The van der Waals surface area contributed by atoms with Gasteiger partial charge in [-0.1, -0.05) is 79.7 Å². The van der Waals surface area contributed by atoms with Gasteiger partial charge in [-0.2, -0.15) is 0 Å². The van der Waals surface area contributed by atoms with Gasteiger partial charge in [-0.3, -0.25) is 19.7 Å². The number of thioether (sulfide) groups is 1. The molecule has 0 unspecified atom stereocenters. The molecule has 7 nitrogen and oxygen atoms in total. The predicted molar refractivity (Wildman–Crippen MR) is 143 cm³/mol. The minimum absolute atomic E-state index is 0.0377. The van der Waals surface area contributed by atoms with E-state index in [9.17, 15) is 19.7 Å². The van der Waals surface area contributed by atoms with Crippen LogP contribution in [0.2, 0.25) is 0 Å². The van der Waals surface area contributed by atoms with Crippen molar-refractivity contribution in [2.45, 2.75) is 38.1 Å². The van der Waals surface area contributed by atoms with Crippen LogP contribution in [0.5, 0.6) is 0 Å². The van der Waals surface area contributed by atoms with E-state index in [1.165, 1.54) is 23.9 Å². The molecule has 3 aromatic rings. The van der Waals surface area contributed by atoms with Gasteiger partial charge in [0.25, 0.3) is 5.69 Å². The Morgan fingerprint density at radius 3 is 2.11 bits per heavy atom. The molecular weight excluding hydrogens is 474 g/mol. The van der Waals surface area contributed by atoms with E-state index < -0.39 is 11.0 Å². The lowest BCUT2D eigenvalue weighted by molar-refractivity contribution is -0.384. The summed E-state index contributed by atoms with van der Waals surface area (Å²) in [6.07, 6.45) is 1.23. The summed E-state index contributed by atoms with van der Waals surface area (Å²) in [6, 6.07) is 25.1. The van der Waals surface area contributed by atoms with Crippen LogP contribution in [-0.2, 0) is 28.3 Å². The number of amides is 2. The molecule has 0 fully saturated rings. The lowest BCUT2D eigenvalue weighted by Gasteiger charge is -2.31. The molecule has 36 heavy (non-hydrogen) atoms. The Labute approximate surface area is 216 Å². The number of nitrogens with one attached hydrogen (secondary N) is 1. The SMILES string of the molecule is CCCNC(=O)[C@@H](Cc1ccccc1)N(Cc1ccccc1)C(=O)CSCc1ccc([N+](=O)[O-])cc1. The molecule has 0 spiro atoms. The molecule has 0 aliphatic rings. The molecule has 0 aliphatic carbocycles. The quantitative estimate of drug-likeness (QED) is 0.261. The molecule has 188 valence electrons. The third kappa shape index (κ3) is 8.23. The average molecular weight is 506 g/mol. The van der Waals surface area contributed by atoms with Crippen molar-refractivity contribution < 1.29 is 14.5 Å². The fourth-order valence-corrected chi connectivity index (χ4v) is 4.62. The summed E-state index contributed by atoms with van der Waals surface area (Å²) < 4.78 is 0. The molecule has 3 aromatic carbocycles. The first kappa shape index (κ1) is 26.9. The minimum Gasteiger partial charge on any atom is -0.354 e. The number of hydrogen-bond donors (Lipinski definition) is 1. The van der Waals surface area contributed by atoms with E-state index in [1.807, 2.05) is 67.6 Å². The number of non-ortho nitro benzene ring substituents is 1. The van der Waals surface area contributed by atoms with Gasteiger partial charge in [-0.05, 0) is 23.1 Å². The molecule has 3 rings (SSSR count). The molecule has 0 heterocycles. The van der Waals surface area contributed by atoms with Crippen LogP contribution in [0.15, 0.2) is 84.9 Å². The van der Waals surface area contributed by atoms with Crippen LogP contribution in [0.25, 0.3) is 0 Å². The molecule has 0 saturated carbocycles. The Hall–Kier alpha value is -3.65. The highest BCUT2D eigenvalue weighted by atomic mass is 32.2. The molecule has 0 aliphatic heterocycles. The van der Waals surface area contributed by atoms with Gasteiger partial charge in [-0.25, -0.2) is 0 Å². The van der Waals surface area contributed by atoms with Gasteiger partial charge >= 0.3 is 0 Å². The monoisotopic (exact) mass is 505 g/mol. The van der Waals surface area contributed by atoms with Crippen LogP contribution in [0.4, 0.5) is 5.69 Å². The van der Waals surface area contributed by atoms with Gasteiger partial charge in [0, 0.05) is 37.4 Å². The molecule has 0 saturated heterocycles. The molecule has 0 aromatic heterocycles. The number of carbonyl (C=O) groups excluding carboxylic acids is 2. The van der Waals surface area contributed by atoms with E-state index in [4.69, 9.17) is 0 Å². The highest BCUT2D eigenvalue weighted by molar-refractivity contribution is 7.99. The zero-order chi connectivity index (χ0) is 25.8. The second-order valence-electron chi connectivity index (χ2n) is 8.42. The van der Waals surface area contributed by atoms with E-state index in [2.05, 4.69) is 5.32 Å². The lowest BCUT2D eigenvalue weighted by Crippen LogP contribution is -2.51. The van der Waals surface area contributed by atoms with Crippen molar-refractivity contribution in [3.63, 3.8) is 0 Å². The third-order valence-electron chi connectivity index (χ3n) is 5.66. The number of benzene rings is 3. The average Bonchev–Trinajstić information content (AvgIpc) is 2.90. The summed E-state index contributed by atoms with van der Waals surface area (Å²) in [7, 11) is 0. The molecule has 0 bridgehead atoms. The summed E-state index contributed by atoms with van der Waals surface area (Å²) in [5.41, 5.74) is 2.87. The van der Waals surface area contributed by atoms with E-state index in [0.717, 1.165) is 23.1 Å². The number of rotatable bonds is 13. The molecule has 1 N–H and O–H groups in total. The molecular formula is C28H31N3O4S. The van der Waals surface area contributed by atoms with Crippen molar-refractivity contribution >= 4 is 29.3 Å². The lowest BCUT2D eigenvalue weighted by atomic mass is 10.0.